The summed E-state index contributed by atoms with van der Waals surface area (Å²) >= 11 is 0. The lowest BCUT2D eigenvalue weighted by Gasteiger charge is -2.15. The monoisotopic (exact) mass is 432 g/mol. The van der Waals surface area contributed by atoms with Gasteiger partial charge in [-0.05, 0) is 49.3 Å². The molecule has 1 rings (SSSR count). The van der Waals surface area contributed by atoms with Crippen LogP contribution in [0.15, 0.2) is 18.2 Å². The quantitative estimate of drug-likeness (QED) is 0.124. The summed E-state index contributed by atoms with van der Waals surface area (Å²) in [6.45, 7) is 7.15. The van der Waals surface area contributed by atoms with E-state index < -0.39 is 6.16 Å². The van der Waals surface area contributed by atoms with E-state index in [0.29, 0.717) is 12.4 Å². The van der Waals surface area contributed by atoms with Crippen LogP contribution >= 0.6 is 0 Å². The van der Waals surface area contributed by atoms with Gasteiger partial charge in [-0.25, -0.2) is 4.79 Å². The number of carbonyl (C=O) groups excluding carboxylic acids is 1. The highest BCUT2D eigenvalue weighted by atomic mass is 16.7. The molecule has 1 aromatic rings. The van der Waals surface area contributed by atoms with Crippen LogP contribution in [0.3, 0.4) is 0 Å². The van der Waals surface area contributed by atoms with E-state index in [1.165, 1.54) is 88.2 Å². The van der Waals surface area contributed by atoms with Gasteiger partial charge in [-0.15, -0.1) is 0 Å². The van der Waals surface area contributed by atoms with Crippen molar-refractivity contribution >= 4 is 6.16 Å². The molecule has 0 bridgehead atoms. The van der Waals surface area contributed by atoms with Crippen LogP contribution in [0.2, 0.25) is 0 Å². The molecule has 0 spiro atoms. The van der Waals surface area contributed by atoms with E-state index >= 15 is 0 Å². The van der Waals surface area contributed by atoms with Crippen molar-refractivity contribution in [3.05, 3.63) is 29.3 Å². The van der Waals surface area contributed by atoms with E-state index in [-0.39, 0.29) is 0 Å². The normalized spacial score (nSPS) is 10.9. The van der Waals surface area contributed by atoms with Gasteiger partial charge in [-0.1, -0.05) is 110 Å². The van der Waals surface area contributed by atoms with Crippen molar-refractivity contribution < 1.29 is 14.3 Å². The third-order valence-corrected chi connectivity index (χ3v) is 5.97. The Kier molecular flexibility index (Phi) is 17.0. The van der Waals surface area contributed by atoms with Crippen molar-refractivity contribution in [3.8, 4) is 5.75 Å². The van der Waals surface area contributed by atoms with E-state index in [2.05, 4.69) is 26.8 Å². The maximum Gasteiger partial charge on any atom is 0.513 e. The van der Waals surface area contributed by atoms with Gasteiger partial charge >= 0.3 is 6.16 Å². The molecule has 0 N–H and O–H groups in total. The van der Waals surface area contributed by atoms with Gasteiger partial charge in [0.15, 0.2) is 0 Å². The molecule has 0 aliphatic rings. The number of aryl methyl sites for hydroxylation is 1. The Morgan fingerprint density at radius 1 is 0.677 bits per heavy atom. The lowest BCUT2D eigenvalue weighted by molar-refractivity contribution is 0.0969. The fourth-order valence-electron chi connectivity index (χ4n) is 4.03. The predicted octanol–water partition coefficient (Wildman–Crippen LogP) is 9.20. The number of benzene rings is 1. The van der Waals surface area contributed by atoms with Crippen LogP contribution in [0.1, 0.15) is 128 Å². The minimum Gasteiger partial charge on any atom is -0.434 e. The molecule has 0 unspecified atom stereocenters. The molecule has 0 radical (unpaired) electrons. The van der Waals surface area contributed by atoms with Gasteiger partial charge in [-0.3, -0.25) is 0 Å². The minimum absolute atomic E-state index is 0.450. The fourth-order valence-corrected chi connectivity index (χ4v) is 4.03. The average Bonchev–Trinajstić information content (AvgIpc) is 2.77. The lowest BCUT2D eigenvalue weighted by atomic mass is 9.95. The fraction of sp³-hybridized carbons (Fsp3) is 0.750. The second kappa shape index (κ2) is 19.2. The highest BCUT2D eigenvalue weighted by Crippen LogP contribution is 2.27. The van der Waals surface area contributed by atoms with Crippen LogP contribution in [0.5, 0.6) is 5.75 Å². The second-order valence-electron chi connectivity index (χ2n) is 8.84. The van der Waals surface area contributed by atoms with Crippen LogP contribution < -0.4 is 4.74 Å². The number of carbonyl (C=O) groups is 1. The van der Waals surface area contributed by atoms with Crippen LogP contribution in [0.4, 0.5) is 4.79 Å². The van der Waals surface area contributed by atoms with Gasteiger partial charge < -0.3 is 9.47 Å². The summed E-state index contributed by atoms with van der Waals surface area (Å²) in [7, 11) is 0. The first-order chi connectivity index (χ1) is 15.2. The number of ether oxygens (including phenoxy) is 2. The first-order valence-electron chi connectivity index (χ1n) is 13.2. The molecule has 178 valence electrons. The maximum atomic E-state index is 12.3. The summed E-state index contributed by atoms with van der Waals surface area (Å²) in [6.07, 6.45) is 19.8. The van der Waals surface area contributed by atoms with Crippen molar-refractivity contribution in [1.82, 2.24) is 0 Å². The first kappa shape index (κ1) is 27.5. The largest absolute Gasteiger partial charge is 0.513 e. The first-order valence-corrected chi connectivity index (χ1v) is 13.2. The molecule has 3 heteroatoms. The van der Waals surface area contributed by atoms with E-state index in [1.807, 2.05) is 12.1 Å². The molecule has 31 heavy (non-hydrogen) atoms. The molecule has 3 nitrogen and oxygen atoms in total. The summed E-state index contributed by atoms with van der Waals surface area (Å²) in [5, 5.41) is 0. The highest BCUT2D eigenvalue weighted by molar-refractivity contribution is 5.65. The summed E-state index contributed by atoms with van der Waals surface area (Å²) in [5.41, 5.74) is 2.56. The third kappa shape index (κ3) is 13.5. The number of hydrogen-bond acceptors (Lipinski definition) is 3. The van der Waals surface area contributed by atoms with Gasteiger partial charge in [0, 0.05) is 0 Å². The molecule has 0 aliphatic heterocycles. The zero-order valence-corrected chi connectivity index (χ0v) is 20.7. The Labute approximate surface area is 192 Å². The summed E-state index contributed by atoms with van der Waals surface area (Å²) in [4.78, 5) is 12.3. The van der Waals surface area contributed by atoms with Gasteiger partial charge in [0.1, 0.15) is 5.75 Å². The standard InChI is InChI=1S/C28H48O3/c1-4-7-10-13-16-20-25-21-19-23-27(26(25)22-17-14-11-8-5-2)31-28(29)30-24-18-15-12-9-6-3/h19,21,23H,4-18,20,22,24H2,1-3H3. The Bertz CT molecular complexity index is 567. The Hall–Kier alpha value is -1.51. The number of unbranched alkanes of at least 4 members (excludes halogenated alkanes) is 12. The predicted molar refractivity (Wildman–Crippen MR) is 132 cm³/mol. The van der Waals surface area contributed by atoms with Gasteiger partial charge in [0.05, 0.1) is 6.61 Å². The summed E-state index contributed by atoms with van der Waals surface area (Å²) < 4.78 is 11.0. The van der Waals surface area contributed by atoms with Crippen LogP contribution in [-0.4, -0.2) is 12.8 Å². The van der Waals surface area contributed by atoms with Crippen LogP contribution in [0, 0.1) is 0 Å². The molecular formula is C28H48O3. The Morgan fingerprint density at radius 2 is 1.23 bits per heavy atom. The van der Waals surface area contributed by atoms with E-state index in [9.17, 15) is 4.79 Å². The van der Waals surface area contributed by atoms with Crippen molar-refractivity contribution in [2.75, 3.05) is 6.61 Å². The van der Waals surface area contributed by atoms with E-state index in [4.69, 9.17) is 9.47 Å². The molecule has 0 amide bonds. The number of hydrogen-bond donors (Lipinski definition) is 0. The number of rotatable bonds is 19. The third-order valence-electron chi connectivity index (χ3n) is 5.97. The molecular weight excluding hydrogens is 384 g/mol. The molecule has 1 aromatic carbocycles. The van der Waals surface area contributed by atoms with E-state index in [1.54, 1.807) is 0 Å². The molecule has 0 aromatic heterocycles. The molecule has 0 aliphatic carbocycles. The van der Waals surface area contributed by atoms with Crippen molar-refractivity contribution in [2.24, 2.45) is 0 Å². The smallest absolute Gasteiger partial charge is 0.434 e. The molecule has 0 fully saturated rings. The van der Waals surface area contributed by atoms with Crippen molar-refractivity contribution in [3.63, 3.8) is 0 Å². The van der Waals surface area contributed by atoms with Crippen molar-refractivity contribution in [1.29, 1.82) is 0 Å². The summed E-state index contributed by atoms with van der Waals surface area (Å²) in [6, 6.07) is 6.17. The average molecular weight is 433 g/mol. The highest BCUT2D eigenvalue weighted by Gasteiger charge is 2.14. The zero-order chi connectivity index (χ0) is 22.6. The zero-order valence-electron chi connectivity index (χ0n) is 20.7. The minimum atomic E-state index is -0.553. The van der Waals surface area contributed by atoms with Crippen molar-refractivity contribution in [2.45, 2.75) is 130 Å². The molecule has 0 atom stereocenters. The molecule has 0 saturated heterocycles. The van der Waals surface area contributed by atoms with Gasteiger partial charge in [-0.2, -0.15) is 0 Å². The molecule has 0 heterocycles. The second-order valence-corrected chi connectivity index (χ2v) is 8.84. The Balaban J connectivity index is 2.63. The maximum absolute atomic E-state index is 12.3. The van der Waals surface area contributed by atoms with Crippen LogP contribution in [-0.2, 0) is 17.6 Å². The van der Waals surface area contributed by atoms with Crippen LogP contribution in [0.25, 0.3) is 0 Å². The van der Waals surface area contributed by atoms with Gasteiger partial charge in [0.2, 0.25) is 0 Å². The Morgan fingerprint density at radius 3 is 1.84 bits per heavy atom. The summed E-state index contributed by atoms with van der Waals surface area (Å²) in [5.74, 6) is 0.706. The SMILES string of the molecule is CCCCCCCOC(=O)Oc1cccc(CCCCCCC)c1CCCCCCC. The lowest BCUT2D eigenvalue weighted by Crippen LogP contribution is -2.13. The molecule has 0 saturated carbocycles. The topological polar surface area (TPSA) is 35.5 Å². The van der Waals surface area contributed by atoms with E-state index in [0.717, 1.165) is 32.1 Å². The van der Waals surface area contributed by atoms with Gasteiger partial charge in [0.25, 0.3) is 0 Å².